The molecule has 3 aliphatic rings. The lowest BCUT2D eigenvalue weighted by Crippen LogP contribution is -2.31. The van der Waals surface area contributed by atoms with Gasteiger partial charge in [0, 0.05) is 8.41 Å². The molecular formula is C78H91BNO18. The summed E-state index contributed by atoms with van der Waals surface area (Å²) < 4.78 is 48.7. The number of aromatic hydroxyl groups is 1. The van der Waals surface area contributed by atoms with E-state index in [4.69, 9.17) is 48.4 Å². The number of benzene rings is 7. The van der Waals surface area contributed by atoms with Crippen LogP contribution >= 0.6 is 0 Å². The molecule has 0 aliphatic heterocycles. The lowest BCUT2D eigenvalue weighted by atomic mass is 9.93. The van der Waals surface area contributed by atoms with Crippen LogP contribution in [0, 0.1) is 17.8 Å². The van der Waals surface area contributed by atoms with Crippen molar-refractivity contribution in [1.82, 2.24) is 0 Å². The highest BCUT2D eigenvalue weighted by atomic mass is 16.6. The molecule has 3 fully saturated rings. The summed E-state index contributed by atoms with van der Waals surface area (Å²) in [7, 11) is 0. The van der Waals surface area contributed by atoms with Gasteiger partial charge >= 0.3 is 35.8 Å². The average Bonchev–Trinajstić information content (AvgIpc) is 1.58. The molecule has 1 amide bonds. The molecule has 5 N–H and O–H groups in total. The summed E-state index contributed by atoms with van der Waals surface area (Å²) in [5, 5.41) is 9.40. The summed E-state index contributed by atoms with van der Waals surface area (Å²) in [6, 6.07) is 58.1. The first-order chi connectivity index (χ1) is 45.8. The average molecular weight is 1340 g/mol. The zero-order valence-corrected chi connectivity index (χ0v) is 57.5. The van der Waals surface area contributed by atoms with E-state index in [1.54, 1.807) is 84.9 Å². The van der Waals surface area contributed by atoms with Crippen LogP contribution in [0.3, 0.4) is 0 Å². The van der Waals surface area contributed by atoms with Gasteiger partial charge in [-0.2, -0.15) is 0 Å². The van der Waals surface area contributed by atoms with E-state index in [1.165, 1.54) is 12.1 Å². The molecule has 3 aliphatic carbocycles. The van der Waals surface area contributed by atoms with Crippen molar-refractivity contribution in [2.24, 2.45) is 23.5 Å². The van der Waals surface area contributed by atoms with E-state index in [1.807, 2.05) is 160 Å². The molecule has 7 aromatic carbocycles. The van der Waals surface area contributed by atoms with Crippen LogP contribution in [0.15, 0.2) is 188 Å². The number of carbonyl (C=O) groups is 7. The maximum Gasteiger partial charge on any atom is 0.317 e. The van der Waals surface area contributed by atoms with Crippen LogP contribution in [-0.2, 0) is 104 Å². The number of rotatable bonds is 24. The Kier molecular flexibility index (Phi) is 28.8. The number of hydrogen-bond acceptors (Lipinski definition) is 17. The number of primary amides is 1. The number of phenolic OH excluding ortho intramolecular Hbond substituents is 1. The molecule has 0 spiro atoms. The molecular weight excluding hydrogens is 1250 g/mol. The van der Waals surface area contributed by atoms with E-state index in [-0.39, 0.29) is 57.4 Å². The third-order valence-corrected chi connectivity index (χ3v) is 16.0. The highest BCUT2D eigenvalue weighted by molar-refractivity contribution is 5.99. The SMILES string of the molecule is CCOC(=O)Cc1ccc(OCc2ccccc2)cc1.CCOC(=O)[C@@]1(c2ccc(O)cc2)CC1C(=O)OC(C)(C)C.CCOC(=O)[C@@]1(c2ccc(OCc3ccccc3)cc2)CC1C(=O)OC(C)(C)C.CCOC(=O)[C@@]1(c2ccc(OCc3ccccc3)cc2)CC1C(N)=O.O.[B]. The second-order valence-electron chi connectivity index (χ2n) is 25.4. The van der Waals surface area contributed by atoms with E-state index in [0.717, 1.165) is 39.1 Å². The maximum atomic E-state index is 12.7. The van der Waals surface area contributed by atoms with Gasteiger partial charge in [-0.05, 0) is 176 Å². The summed E-state index contributed by atoms with van der Waals surface area (Å²) in [6.07, 6.45) is 1.45. The van der Waals surface area contributed by atoms with Gasteiger partial charge in [0.1, 0.15) is 70.3 Å². The Morgan fingerprint density at radius 1 is 0.408 bits per heavy atom. The van der Waals surface area contributed by atoms with E-state index in [0.29, 0.717) is 69.2 Å². The highest BCUT2D eigenvalue weighted by Crippen LogP contribution is 2.58. The lowest BCUT2D eigenvalue weighted by molar-refractivity contribution is -0.160. The summed E-state index contributed by atoms with van der Waals surface area (Å²) in [4.78, 5) is 85.3. The number of esters is 6. The smallest absolute Gasteiger partial charge is 0.317 e. The zero-order chi connectivity index (χ0) is 69.7. The Bertz CT molecular complexity index is 3690. The Hall–Kier alpha value is -9.95. The van der Waals surface area contributed by atoms with Crippen LogP contribution in [0.4, 0.5) is 0 Å². The highest BCUT2D eigenvalue weighted by Gasteiger charge is 2.68. The van der Waals surface area contributed by atoms with E-state index >= 15 is 0 Å². The van der Waals surface area contributed by atoms with Gasteiger partial charge in [0.2, 0.25) is 5.91 Å². The second-order valence-corrected chi connectivity index (χ2v) is 25.4. The third kappa shape index (κ3) is 21.5. The number of nitrogens with two attached hydrogens (primary N) is 1. The largest absolute Gasteiger partial charge is 0.508 e. The van der Waals surface area contributed by atoms with Crippen LogP contribution in [-0.4, -0.2) is 98.3 Å². The normalized spacial score (nSPS) is 18.9. The maximum absolute atomic E-state index is 12.7. The fraction of sp³-hybridized carbons (Fsp3) is 0.372. The summed E-state index contributed by atoms with van der Waals surface area (Å²) in [5.74, 6) is -1.92. The molecule has 3 unspecified atom stereocenters. The number of ether oxygens (including phenoxy) is 9. The van der Waals surface area contributed by atoms with Crippen LogP contribution in [0.25, 0.3) is 0 Å². The van der Waals surface area contributed by atoms with Crippen molar-refractivity contribution in [3.8, 4) is 23.0 Å². The summed E-state index contributed by atoms with van der Waals surface area (Å²) in [6.45, 7) is 20.5. The van der Waals surface area contributed by atoms with Crippen molar-refractivity contribution < 1.29 is 86.8 Å². The summed E-state index contributed by atoms with van der Waals surface area (Å²) >= 11 is 0. The second kappa shape index (κ2) is 35.9. The molecule has 7 aromatic rings. The topological polar surface area (TPSA) is 280 Å². The molecule has 98 heavy (non-hydrogen) atoms. The van der Waals surface area contributed by atoms with Crippen LogP contribution in [0.1, 0.15) is 127 Å². The van der Waals surface area contributed by atoms with Gasteiger partial charge in [-0.1, -0.05) is 140 Å². The molecule has 6 atom stereocenters. The van der Waals surface area contributed by atoms with Gasteiger partial charge in [0.05, 0.1) is 50.6 Å². The minimum Gasteiger partial charge on any atom is -0.508 e. The predicted octanol–water partition coefficient (Wildman–Crippen LogP) is 11.7. The van der Waals surface area contributed by atoms with Crippen molar-refractivity contribution in [2.45, 2.75) is 142 Å². The molecule has 19 nitrogen and oxygen atoms in total. The van der Waals surface area contributed by atoms with Crippen molar-refractivity contribution in [3.63, 3.8) is 0 Å². The van der Waals surface area contributed by atoms with E-state index in [2.05, 4.69) is 0 Å². The molecule has 20 heteroatoms. The molecule has 0 saturated heterocycles. The van der Waals surface area contributed by atoms with E-state index < -0.39 is 69.0 Å². The molecule has 3 radical (unpaired) electrons. The Balaban J connectivity index is 0.000000236. The molecule has 0 aromatic heterocycles. The fourth-order valence-corrected chi connectivity index (χ4v) is 11.0. The minimum absolute atomic E-state index is 0. The number of phenols is 1. The van der Waals surface area contributed by atoms with Crippen LogP contribution in [0.5, 0.6) is 23.0 Å². The quantitative estimate of drug-likeness (QED) is 0.0323. The summed E-state index contributed by atoms with van der Waals surface area (Å²) in [5.41, 5.74) is 7.65. The molecule has 3 saturated carbocycles. The first kappa shape index (κ1) is 78.7. The fourth-order valence-electron chi connectivity index (χ4n) is 11.0. The van der Waals surface area contributed by atoms with Crippen molar-refractivity contribution >= 4 is 50.1 Å². The van der Waals surface area contributed by atoms with Crippen LogP contribution < -0.4 is 19.9 Å². The van der Waals surface area contributed by atoms with Gasteiger partial charge in [0.15, 0.2) is 0 Å². The predicted molar refractivity (Wildman–Crippen MR) is 370 cm³/mol. The molecule has 10 rings (SSSR count). The lowest BCUT2D eigenvalue weighted by Gasteiger charge is -2.21. The number of hydrogen-bond donors (Lipinski definition) is 2. The van der Waals surface area contributed by atoms with Crippen LogP contribution in [0.2, 0.25) is 0 Å². The van der Waals surface area contributed by atoms with Gasteiger partial charge < -0.3 is 58.9 Å². The Morgan fingerprint density at radius 2 is 0.694 bits per heavy atom. The van der Waals surface area contributed by atoms with Gasteiger partial charge in [-0.3, -0.25) is 33.6 Å². The molecule has 0 heterocycles. The number of amides is 1. The van der Waals surface area contributed by atoms with Gasteiger partial charge in [-0.25, -0.2) is 0 Å². The molecule has 519 valence electrons. The van der Waals surface area contributed by atoms with Gasteiger partial charge in [0.25, 0.3) is 0 Å². The third-order valence-electron chi connectivity index (χ3n) is 16.0. The Labute approximate surface area is 576 Å². The zero-order valence-electron chi connectivity index (χ0n) is 57.5. The Morgan fingerprint density at radius 3 is 0.980 bits per heavy atom. The van der Waals surface area contributed by atoms with Crippen molar-refractivity contribution in [1.29, 1.82) is 0 Å². The first-order valence-corrected chi connectivity index (χ1v) is 32.3. The standard InChI is InChI=1S/C24H28O5.C20H21NO4.C17H22O5.C17H18O3.B.H2O/c1-5-27-22(26)24(15-20(24)21(25)29-23(2,3)4)18-11-13-19(14-12-18)28-16-17-9-7-6-8-10-17;1-2-24-19(23)20(12-17(20)18(21)22)15-8-10-16(11-9-15)25-13-14-6-4-3-5-7-14;1-5-21-15(20)17(11-6-8-12(18)9-7-11)10-13(17)14(19)22-16(2,3)4;1-2-19-17(18)12-14-8-10-16(11-9-14)20-13-15-6-4-3-5-7-15;;/h6-14,20H,5,15-16H2,1-4H3;3-11,17H,2,12-13H2,1H3,(H2,21,22);6-9,13,18H,5,10H2,1-4H3;3-11H,2,12-13H2,1H3;;1H2/t20?,24-;17?,20-;13?,17-;;;/m111.../s1. The van der Waals surface area contributed by atoms with Crippen molar-refractivity contribution in [2.75, 3.05) is 26.4 Å². The minimum atomic E-state index is -0.994. The van der Waals surface area contributed by atoms with Crippen molar-refractivity contribution in [3.05, 3.63) is 227 Å². The number of carbonyl (C=O) groups excluding carboxylic acids is 7. The first-order valence-electron chi connectivity index (χ1n) is 32.3. The van der Waals surface area contributed by atoms with Gasteiger partial charge in [-0.15, -0.1) is 0 Å². The monoisotopic (exact) mass is 1340 g/mol. The van der Waals surface area contributed by atoms with E-state index in [9.17, 15) is 38.7 Å². The molecule has 0 bridgehead atoms.